The van der Waals surface area contributed by atoms with Crippen LogP contribution in [0.15, 0.2) is 12.1 Å². The van der Waals surface area contributed by atoms with Crippen molar-refractivity contribution in [3.8, 4) is 0 Å². The Labute approximate surface area is 98.7 Å². The molecule has 1 heteroatoms. The molecule has 0 amide bonds. The zero-order chi connectivity index (χ0) is 10.8. The summed E-state index contributed by atoms with van der Waals surface area (Å²) in [5.41, 5.74) is 0. The van der Waals surface area contributed by atoms with Gasteiger partial charge in [0, 0.05) is 10.3 Å². The molecule has 15 heavy (non-hydrogen) atoms. The monoisotopic (exact) mass is 223 g/mol. The van der Waals surface area contributed by atoms with E-state index in [1.807, 2.05) is 6.07 Å². The second-order valence-corrected chi connectivity index (χ2v) is 5.21. The van der Waals surface area contributed by atoms with E-state index in [2.05, 4.69) is 18.4 Å². The maximum absolute atomic E-state index is 3.15. The summed E-state index contributed by atoms with van der Waals surface area (Å²) in [6, 6.07) is 4.23. The minimum atomic E-state index is 1.27. The zero-order valence-corrected chi connectivity index (χ0v) is 10.7. The maximum Gasteiger partial charge on any atom is 0.0445 e. The molecule has 0 aliphatic rings. The molecule has 0 bridgehead atoms. The molecule has 0 aromatic carbocycles. The molecule has 0 atom stereocenters. The predicted octanol–water partition coefficient (Wildman–Crippen LogP) is 5.23. The molecule has 85 valence electrons. The lowest BCUT2D eigenvalue weighted by molar-refractivity contribution is 0.576. The molecule has 0 fully saturated rings. The standard InChI is InChI=1S/C14H23S/c1-2-3-4-5-6-7-8-9-11-14-12-10-13-15-14/h10,12H,2-9,11H2,1H3. The van der Waals surface area contributed by atoms with Crippen LogP contribution in [0.3, 0.4) is 0 Å². The van der Waals surface area contributed by atoms with Gasteiger partial charge in [-0.3, -0.25) is 0 Å². The Morgan fingerprint density at radius 2 is 1.67 bits per heavy atom. The van der Waals surface area contributed by atoms with E-state index in [4.69, 9.17) is 0 Å². The Morgan fingerprint density at radius 1 is 1.00 bits per heavy atom. The van der Waals surface area contributed by atoms with Crippen LogP contribution in [0, 0.1) is 5.38 Å². The highest BCUT2D eigenvalue weighted by Gasteiger charge is 1.94. The van der Waals surface area contributed by atoms with E-state index in [1.54, 1.807) is 11.3 Å². The van der Waals surface area contributed by atoms with Crippen molar-refractivity contribution in [2.75, 3.05) is 0 Å². The molecule has 0 unspecified atom stereocenters. The van der Waals surface area contributed by atoms with Gasteiger partial charge >= 0.3 is 0 Å². The first-order valence-corrected chi connectivity index (χ1v) is 7.20. The van der Waals surface area contributed by atoms with Crippen molar-refractivity contribution in [3.63, 3.8) is 0 Å². The summed E-state index contributed by atoms with van der Waals surface area (Å²) in [7, 11) is 0. The van der Waals surface area contributed by atoms with Gasteiger partial charge < -0.3 is 0 Å². The molecule has 0 nitrogen and oxygen atoms in total. The molecular formula is C14H23S. The van der Waals surface area contributed by atoms with E-state index in [0.29, 0.717) is 0 Å². The van der Waals surface area contributed by atoms with E-state index < -0.39 is 0 Å². The van der Waals surface area contributed by atoms with Crippen molar-refractivity contribution < 1.29 is 0 Å². The molecule has 0 saturated carbocycles. The maximum atomic E-state index is 3.15. The summed E-state index contributed by atoms with van der Waals surface area (Å²) in [6.07, 6.45) is 12.6. The molecule has 0 N–H and O–H groups in total. The molecule has 1 aromatic rings. The van der Waals surface area contributed by atoms with Crippen LogP contribution >= 0.6 is 11.3 Å². The Hall–Kier alpha value is -0.300. The highest BCUT2D eigenvalue weighted by molar-refractivity contribution is 7.09. The zero-order valence-electron chi connectivity index (χ0n) is 9.93. The van der Waals surface area contributed by atoms with Crippen LogP contribution in [0.4, 0.5) is 0 Å². The fourth-order valence-corrected chi connectivity index (χ4v) is 2.51. The molecule has 0 aliphatic carbocycles. The minimum absolute atomic E-state index is 1.27. The number of rotatable bonds is 9. The van der Waals surface area contributed by atoms with E-state index in [1.165, 1.54) is 62.7 Å². The van der Waals surface area contributed by atoms with Crippen LogP contribution in [0.5, 0.6) is 0 Å². The van der Waals surface area contributed by atoms with E-state index in [9.17, 15) is 0 Å². The first kappa shape index (κ1) is 12.8. The van der Waals surface area contributed by atoms with E-state index in [-0.39, 0.29) is 0 Å². The van der Waals surface area contributed by atoms with Gasteiger partial charge in [0.15, 0.2) is 0 Å². The van der Waals surface area contributed by atoms with Gasteiger partial charge in [0.25, 0.3) is 0 Å². The number of hydrogen-bond acceptors (Lipinski definition) is 1. The number of thiophene rings is 1. The van der Waals surface area contributed by atoms with Crippen LogP contribution in [-0.2, 0) is 6.42 Å². The van der Waals surface area contributed by atoms with Crippen molar-refractivity contribution in [1.29, 1.82) is 0 Å². The summed E-state index contributed by atoms with van der Waals surface area (Å²) in [5, 5.41) is 3.15. The smallest absolute Gasteiger partial charge is 0.0445 e. The summed E-state index contributed by atoms with van der Waals surface area (Å²) in [5.74, 6) is 0. The van der Waals surface area contributed by atoms with Gasteiger partial charge in [-0.25, -0.2) is 0 Å². The van der Waals surface area contributed by atoms with Crippen molar-refractivity contribution in [1.82, 2.24) is 0 Å². The van der Waals surface area contributed by atoms with Gasteiger partial charge in [-0.1, -0.05) is 51.9 Å². The third kappa shape index (κ3) is 6.72. The molecular weight excluding hydrogens is 200 g/mol. The van der Waals surface area contributed by atoms with E-state index >= 15 is 0 Å². The van der Waals surface area contributed by atoms with Crippen LogP contribution in [-0.4, -0.2) is 0 Å². The second kappa shape index (κ2) is 8.96. The highest BCUT2D eigenvalue weighted by atomic mass is 32.1. The lowest BCUT2D eigenvalue weighted by Gasteiger charge is -2.00. The van der Waals surface area contributed by atoms with Crippen LogP contribution in [0.25, 0.3) is 0 Å². The quantitative estimate of drug-likeness (QED) is 0.503. The molecule has 0 aliphatic heterocycles. The number of aryl methyl sites for hydroxylation is 1. The lowest BCUT2D eigenvalue weighted by Crippen LogP contribution is -1.83. The van der Waals surface area contributed by atoms with Gasteiger partial charge in [-0.05, 0) is 25.0 Å². The van der Waals surface area contributed by atoms with Crippen LogP contribution < -0.4 is 0 Å². The molecule has 1 aromatic heterocycles. The second-order valence-electron chi connectivity index (χ2n) is 4.24. The fourth-order valence-electron chi connectivity index (χ4n) is 1.84. The highest BCUT2D eigenvalue weighted by Crippen LogP contribution is 2.14. The minimum Gasteiger partial charge on any atom is -0.139 e. The van der Waals surface area contributed by atoms with Crippen LogP contribution in [0.1, 0.15) is 63.2 Å². The molecule has 1 radical (unpaired) electrons. The third-order valence-electron chi connectivity index (χ3n) is 2.80. The summed E-state index contributed by atoms with van der Waals surface area (Å²) < 4.78 is 0. The van der Waals surface area contributed by atoms with Gasteiger partial charge in [0.05, 0.1) is 0 Å². The van der Waals surface area contributed by atoms with Gasteiger partial charge in [-0.15, -0.1) is 11.3 Å². The Kier molecular flexibility index (Phi) is 7.63. The predicted molar refractivity (Wildman–Crippen MR) is 69.5 cm³/mol. The van der Waals surface area contributed by atoms with E-state index in [0.717, 1.165) is 0 Å². The first-order chi connectivity index (χ1) is 7.43. The van der Waals surface area contributed by atoms with Crippen molar-refractivity contribution in [3.05, 3.63) is 22.4 Å². The van der Waals surface area contributed by atoms with Gasteiger partial charge in [0.1, 0.15) is 0 Å². The molecule has 0 spiro atoms. The molecule has 1 heterocycles. The average molecular weight is 223 g/mol. The number of unbranched alkanes of at least 4 members (excludes halogenated alkanes) is 7. The van der Waals surface area contributed by atoms with Crippen molar-refractivity contribution in [2.24, 2.45) is 0 Å². The average Bonchev–Trinajstić information content (AvgIpc) is 2.75. The van der Waals surface area contributed by atoms with Gasteiger partial charge in [0.2, 0.25) is 0 Å². The van der Waals surface area contributed by atoms with Crippen LogP contribution in [0.2, 0.25) is 0 Å². The fraction of sp³-hybridized carbons (Fsp3) is 0.714. The SMILES string of the molecule is CCCCCCCCCCc1cc[c]s1. The van der Waals surface area contributed by atoms with Gasteiger partial charge in [-0.2, -0.15) is 0 Å². The van der Waals surface area contributed by atoms with Crippen molar-refractivity contribution in [2.45, 2.75) is 64.7 Å². The Balaban J connectivity index is 1.81. The molecule has 1 rings (SSSR count). The summed E-state index contributed by atoms with van der Waals surface area (Å²) in [4.78, 5) is 1.50. The number of hydrogen-bond donors (Lipinski definition) is 0. The first-order valence-electron chi connectivity index (χ1n) is 6.38. The largest absolute Gasteiger partial charge is 0.139 e. The summed E-state index contributed by atoms with van der Waals surface area (Å²) >= 11 is 1.77. The lowest BCUT2D eigenvalue weighted by atomic mass is 10.1. The third-order valence-corrected chi connectivity index (χ3v) is 3.66. The normalized spacial score (nSPS) is 10.7. The van der Waals surface area contributed by atoms with Crippen molar-refractivity contribution >= 4 is 11.3 Å². The Bertz CT molecular complexity index is 213. The summed E-state index contributed by atoms with van der Waals surface area (Å²) in [6.45, 7) is 2.28. The Morgan fingerprint density at radius 3 is 2.27 bits per heavy atom. The molecule has 0 saturated heterocycles. The topological polar surface area (TPSA) is 0 Å².